The van der Waals surface area contributed by atoms with Crippen molar-refractivity contribution in [2.45, 2.75) is 31.1 Å². The standard InChI is InChI=1S/C47H38N4O7/c1-26-15-19-29(20-16-26)49-51-44(54)35-25-34-31(40(33-11-8-14-38(57-2)41(33)52)47(35,46(51)56)28-9-4-3-5-10-28)23-24-32-39(34)45(55)50(43(32)53)30-21-17-27(18-22-30)42-48-36-12-6-7-13-37(36)58-42/h3-23,32,34-35,39-40,49,52H,24-25H2,1-2H3. The molecule has 1 saturated carbocycles. The van der Waals surface area contributed by atoms with E-state index < -0.39 is 46.8 Å². The summed E-state index contributed by atoms with van der Waals surface area (Å²) in [6, 6.07) is 36.2. The Bertz CT molecular complexity index is 2660. The van der Waals surface area contributed by atoms with Crippen molar-refractivity contribution in [1.29, 1.82) is 0 Å². The zero-order valence-electron chi connectivity index (χ0n) is 31.7. The number of methoxy groups -OCH3 is 1. The van der Waals surface area contributed by atoms with E-state index >= 15 is 4.79 Å². The Hall–Kier alpha value is -7.01. The summed E-state index contributed by atoms with van der Waals surface area (Å²) in [5, 5.41) is 13.0. The Kier molecular flexibility index (Phi) is 8.12. The average Bonchev–Trinajstić information content (AvgIpc) is 3.86. The number of aromatic nitrogens is 1. The summed E-state index contributed by atoms with van der Waals surface area (Å²) in [5.74, 6) is -5.11. The topological polar surface area (TPSA) is 142 Å². The van der Waals surface area contributed by atoms with Crippen molar-refractivity contribution in [1.82, 2.24) is 9.99 Å². The number of allylic oxidation sites excluding steroid dienone is 2. The minimum atomic E-state index is -1.53. The van der Waals surface area contributed by atoms with Crippen molar-refractivity contribution in [3.8, 4) is 23.0 Å². The molecular formula is C47H38N4O7. The lowest BCUT2D eigenvalue weighted by molar-refractivity contribution is -0.138. The van der Waals surface area contributed by atoms with E-state index in [2.05, 4.69) is 10.4 Å². The molecule has 2 aliphatic heterocycles. The highest BCUT2D eigenvalue weighted by Crippen LogP contribution is 2.65. The smallest absolute Gasteiger partial charge is 0.260 e. The number of rotatable bonds is 7. The molecule has 4 amide bonds. The van der Waals surface area contributed by atoms with E-state index in [-0.39, 0.29) is 36.2 Å². The number of phenolic OH excluding ortho intramolecular Hbond substituents is 1. The number of hydrazine groups is 1. The highest BCUT2D eigenvalue weighted by molar-refractivity contribution is 6.22. The molecule has 6 aromatic rings. The van der Waals surface area contributed by atoms with Crippen LogP contribution in [0.15, 0.2) is 137 Å². The van der Waals surface area contributed by atoms with Crippen LogP contribution in [0.1, 0.15) is 35.4 Å². The van der Waals surface area contributed by atoms with Crippen molar-refractivity contribution in [3.63, 3.8) is 0 Å². The fourth-order valence-corrected chi connectivity index (χ4v) is 10.0. The molecular weight excluding hydrogens is 733 g/mol. The third-order valence-corrected chi connectivity index (χ3v) is 12.6. The van der Waals surface area contributed by atoms with Crippen molar-refractivity contribution >= 4 is 46.1 Å². The maximum atomic E-state index is 15.4. The van der Waals surface area contributed by atoms with E-state index in [0.29, 0.717) is 39.5 Å². The molecule has 58 heavy (non-hydrogen) atoms. The number of nitrogens with zero attached hydrogens (tertiary/aromatic N) is 3. The van der Waals surface area contributed by atoms with Crippen LogP contribution < -0.4 is 15.1 Å². The number of imide groups is 2. The summed E-state index contributed by atoms with van der Waals surface area (Å²) in [6.45, 7) is 1.95. The highest BCUT2D eigenvalue weighted by atomic mass is 16.5. The molecule has 10 rings (SSSR count). The third kappa shape index (κ3) is 5.08. The minimum absolute atomic E-state index is 0.128. The lowest BCUT2D eigenvalue weighted by Gasteiger charge is -2.50. The van der Waals surface area contributed by atoms with Crippen LogP contribution in [0.25, 0.3) is 22.6 Å². The highest BCUT2D eigenvalue weighted by Gasteiger charge is 2.70. The molecule has 11 heteroatoms. The molecule has 3 heterocycles. The Balaban J connectivity index is 1.08. The van der Waals surface area contributed by atoms with Gasteiger partial charge in [0.1, 0.15) is 5.52 Å². The first kappa shape index (κ1) is 35.4. The number of fused-ring (bicyclic) bond motifs is 5. The number of para-hydroxylation sites is 3. The number of nitrogens with one attached hydrogen (secondary N) is 1. The minimum Gasteiger partial charge on any atom is -0.504 e. The molecule has 2 aliphatic carbocycles. The number of aromatic hydroxyl groups is 1. The Morgan fingerprint density at radius 2 is 1.55 bits per heavy atom. The summed E-state index contributed by atoms with van der Waals surface area (Å²) in [5.41, 5.74) is 7.38. The van der Waals surface area contributed by atoms with Crippen molar-refractivity contribution in [2.75, 3.05) is 17.4 Å². The fourth-order valence-electron chi connectivity index (χ4n) is 10.0. The molecule has 0 bridgehead atoms. The second-order valence-corrected chi connectivity index (χ2v) is 15.5. The van der Waals surface area contributed by atoms with Gasteiger partial charge >= 0.3 is 0 Å². The lowest BCUT2D eigenvalue weighted by Crippen LogP contribution is -2.53. The lowest BCUT2D eigenvalue weighted by atomic mass is 9.49. The van der Waals surface area contributed by atoms with E-state index in [4.69, 9.17) is 9.15 Å². The van der Waals surface area contributed by atoms with Gasteiger partial charge in [-0.15, -0.1) is 0 Å². The van der Waals surface area contributed by atoms with E-state index in [1.165, 1.54) is 12.0 Å². The largest absolute Gasteiger partial charge is 0.504 e. The van der Waals surface area contributed by atoms with Crippen LogP contribution in [0.5, 0.6) is 11.5 Å². The third-order valence-electron chi connectivity index (χ3n) is 12.6. The van der Waals surface area contributed by atoms with Crippen LogP contribution >= 0.6 is 0 Å². The SMILES string of the molecule is COc1cccc(C2C3=CCC4C(=O)N(c5ccc(-c6nc7ccccc7o6)cc5)C(=O)C4C3CC3C(=O)N(Nc4ccc(C)cc4)C(=O)C32c2ccccc2)c1O. The van der Waals surface area contributed by atoms with Crippen LogP contribution in [0.2, 0.25) is 0 Å². The van der Waals surface area contributed by atoms with Gasteiger partial charge in [-0.2, -0.15) is 5.01 Å². The molecule has 11 nitrogen and oxygen atoms in total. The Labute approximate surface area is 333 Å². The number of hydrogen-bond donors (Lipinski definition) is 2. The first-order valence-corrected chi connectivity index (χ1v) is 19.4. The number of anilines is 2. The molecule has 2 N–H and O–H groups in total. The molecule has 6 atom stereocenters. The Morgan fingerprint density at radius 1 is 0.810 bits per heavy atom. The second kappa shape index (κ2) is 13.3. The second-order valence-electron chi connectivity index (χ2n) is 15.5. The summed E-state index contributed by atoms with van der Waals surface area (Å²) in [4.78, 5) is 65.3. The van der Waals surface area contributed by atoms with Crippen molar-refractivity contribution in [2.24, 2.45) is 23.7 Å². The van der Waals surface area contributed by atoms with Crippen LogP contribution in [0.4, 0.5) is 11.4 Å². The molecule has 1 aromatic heterocycles. The van der Waals surface area contributed by atoms with E-state index in [1.807, 2.05) is 91.9 Å². The monoisotopic (exact) mass is 770 g/mol. The predicted octanol–water partition coefficient (Wildman–Crippen LogP) is 7.71. The molecule has 288 valence electrons. The van der Waals surface area contributed by atoms with E-state index in [1.54, 1.807) is 42.5 Å². The quantitative estimate of drug-likeness (QED) is 0.123. The molecule has 0 spiro atoms. The molecule has 3 fully saturated rings. The zero-order valence-corrected chi connectivity index (χ0v) is 31.7. The summed E-state index contributed by atoms with van der Waals surface area (Å²) < 4.78 is 11.5. The van der Waals surface area contributed by atoms with Crippen molar-refractivity contribution < 1.29 is 33.4 Å². The fraction of sp³-hybridized carbons (Fsp3) is 0.213. The van der Waals surface area contributed by atoms with E-state index in [9.17, 15) is 19.5 Å². The first-order valence-electron chi connectivity index (χ1n) is 19.4. The van der Waals surface area contributed by atoms with Crippen molar-refractivity contribution in [3.05, 3.63) is 150 Å². The van der Waals surface area contributed by atoms with Gasteiger partial charge in [-0.1, -0.05) is 83.9 Å². The summed E-state index contributed by atoms with van der Waals surface area (Å²) in [6.07, 6.45) is 2.33. The number of carbonyl (C=O) groups is 4. The van der Waals surface area contributed by atoms with Crippen LogP contribution in [0.3, 0.4) is 0 Å². The number of phenols is 1. The maximum absolute atomic E-state index is 15.4. The van der Waals surface area contributed by atoms with Gasteiger partial charge in [0.25, 0.3) is 11.8 Å². The first-order chi connectivity index (χ1) is 28.2. The number of benzene rings is 5. The predicted molar refractivity (Wildman–Crippen MR) is 215 cm³/mol. The zero-order chi connectivity index (χ0) is 39.9. The average molecular weight is 771 g/mol. The molecule has 2 saturated heterocycles. The van der Waals surface area contributed by atoms with Gasteiger partial charge in [-0.25, -0.2) is 4.98 Å². The van der Waals surface area contributed by atoms with E-state index in [0.717, 1.165) is 21.7 Å². The van der Waals surface area contributed by atoms with Gasteiger partial charge in [0, 0.05) is 17.0 Å². The van der Waals surface area contributed by atoms with Gasteiger partial charge in [-0.05, 0) is 85.8 Å². The number of carbonyl (C=O) groups excluding carboxylic acids is 4. The number of aryl methyl sites for hydroxylation is 1. The van der Waals surface area contributed by atoms with Gasteiger partial charge in [0.15, 0.2) is 17.1 Å². The molecule has 4 aliphatic rings. The van der Waals surface area contributed by atoms with Gasteiger partial charge in [-0.3, -0.25) is 29.5 Å². The van der Waals surface area contributed by atoms with Gasteiger partial charge < -0.3 is 14.3 Å². The number of hydrogen-bond acceptors (Lipinski definition) is 9. The Morgan fingerprint density at radius 3 is 2.29 bits per heavy atom. The number of amides is 4. The molecule has 6 unspecified atom stereocenters. The number of ether oxygens (including phenoxy) is 1. The molecule has 5 aromatic carbocycles. The maximum Gasteiger partial charge on any atom is 0.260 e. The summed E-state index contributed by atoms with van der Waals surface area (Å²) in [7, 11) is 1.46. The van der Waals surface area contributed by atoms with Crippen LogP contribution in [-0.4, -0.2) is 45.8 Å². The summed E-state index contributed by atoms with van der Waals surface area (Å²) >= 11 is 0. The normalized spacial score (nSPS) is 25.1. The van der Waals surface area contributed by atoms with Gasteiger partial charge in [0.2, 0.25) is 17.7 Å². The molecule has 0 radical (unpaired) electrons. The van der Waals surface area contributed by atoms with Gasteiger partial charge in [0.05, 0.1) is 41.7 Å². The number of oxazole rings is 1. The van der Waals surface area contributed by atoms with Crippen LogP contribution in [-0.2, 0) is 24.6 Å². The van der Waals surface area contributed by atoms with Crippen LogP contribution in [0, 0.1) is 30.6 Å².